The first-order chi connectivity index (χ1) is 5.95. The van der Waals surface area contributed by atoms with Crippen LogP contribution >= 0.6 is 0 Å². The minimum Gasteiger partial charge on any atom is -0.355 e. The molecule has 0 fully saturated rings. The number of carbonyl (C=O) groups is 1. The average molecular weight is 203 g/mol. The number of nitrogens with one attached hydrogen (secondary N) is 1. The van der Waals surface area contributed by atoms with E-state index in [0.29, 0.717) is 19.4 Å². The Morgan fingerprint density at radius 3 is 2.62 bits per heavy atom. The van der Waals surface area contributed by atoms with Gasteiger partial charge in [0, 0.05) is 19.2 Å². The minimum atomic E-state index is -3.22. The molecular formula is C8H13NO3S. The molecular weight excluding hydrogens is 190 g/mol. The van der Waals surface area contributed by atoms with Gasteiger partial charge in [0.1, 0.15) is 5.75 Å². The Hall–Kier alpha value is -1.02. The van der Waals surface area contributed by atoms with Crippen molar-refractivity contribution in [3.8, 4) is 12.3 Å². The van der Waals surface area contributed by atoms with Gasteiger partial charge in [-0.3, -0.25) is 4.79 Å². The third-order valence-electron chi connectivity index (χ3n) is 1.21. The average Bonchev–Trinajstić information content (AvgIpc) is 1.94. The van der Waals surface area contributed by atoms with Gasteiger partial charge >= 0.3 is 0 Å². The fraction of sp³-hybridized carbons (Fsp3) is 0.625. The molecule has 0 aliphatic carbocycles. The van der Waals surface area contributed by atoms with Crippen LogP contribution in [-0.4, -0.2) is 32.9 Å². The van der Waals surface area contributed by atoms with Crippen LogP contribution in [0.25, 0.3) is 0 Å². The van der Waals surface area contributed by atoms with Crippen molar-refractivity contribution in [1.82, 2.24) is 5.32 Å². The first-order valence-corrected chi connectivity index (χ1v) is 5.89. The monoisotopic (exact) mass is 203 g/mol. The van der Waals surface area contributed by atoms with E-state index in [2.05, 4.69) is 11.2 Å². The predicted octanol–water partition coefficient (Wildman–Crippen LogP) is -0.439. The van der Waals surface area contributed by atoms with Gasteiger partial charge in [-0.1, -0.05) is 0 Å². The second-order valence-electron chi connectivity index (χ2n) is 2.73. The van der Waals surface area contributed by atoms with Gasteiger partial charge in [-0.05, 0) is 6.42 Å². The normalized spacial score (nSPS) is 10.5. The molecule has 0 aliphatic heterocycles. The van der Waals surface area contributed by atoms with Gasteiger partial charge in [-0.25, -0.2) is 8.42 Å². The van der Waals surface area contributed by atoms with Gasteiger partial charge in [0.2, 0.25) is 5.91 Å². The van der Waals surface area contributed by atoms with Gasteiger partial charge in [-0.2, -0.15) is 0 Å². The van der Waals surface area contributed by atoms with Crippen LogP contribution in [0.4, 0.5) is 0 Å². The summed E-state index contributed by atoms with van der Waals surface area (Å²) in [5.74, 6) is 1.49. The van der Waals surface area contributed by atoms with Crippen LogP contribution < -0.4 is 5.32 Å². The van der Waals surface area contributed by atoms with Crippen molar-refractivity contribution in [2.75, 3.05) is 18.6 Å². The molecule has 0 radical (unpaired) electrons. The van der Waals surface area contributed by atoms with Gasteiger partial charge in [0.25, 0.3) is 0 Å². The highest BCUT2D eigenvalue weighted by Gasteiger charge is 2.09. The number of sulfone groups is 1. The summed E-state index contributed by atoms with van der Waals surface area (Å²) in [5, 5.41) is 2.46. The molecule has 0 rings (SSSR count). The Morgan fingerprint density at radius 1 is 1.54 bits per heavy atom. The van der Waals surface area contributed by atoms with E-state index in [9.17, 15) is 13.2 Å². The molecule has 13 heavy (non-hydrogen) atoms. The molecule has 0 heterocycles. The van der Waals surface area contributed by atoms with E-state index in [1.165, 1.54) is 0 Å². The van der Waals surface area contributed by atoms with Gasteiger partial charge in [-0.15, -0.1) is 12.3 Å². The lowest BCUT2D eigenvalue weighted by Crippen LogP contribution is -2.30. The Bertz CT molecular complexity index is 300. The third kappa shape index (κ3) is 8.89. The van der Waals surface area contributed by atoms with Crippen LogP contribution in [0.3, 0.4) is 0 Å². The maximum atomic E-state index is 10.9. The van der Waals surface area contributed by atoms with Gasteiger partial charge in [0.15, 0.2) is 9.84 Å². The second kappa shape index (κ2) is 5.60. The van der Waals surface area contributed by atoms with Crippen LogP contribution in [0.15, 0.2) is 0 Å². The number of amides is 1. The van der Waals surface area contributed by atoms with Gasteiger partial charge < -0.3 is 5.32 Å². The summed E-state index contributed by atoms with van der Waals surface area (Å²) in [6.07, 6.45) is 7.27. The third-order valence-corrected chi connectivity index (χ3v) is 2.00. The first kappa shape index (κ1) is 12.0. The number of rotatable bonds is 5. The van der Waals surface area contributed by atoms with E-state index in [4.69, 9.17) is 6.42 Å². The zero-order valence-electron chi connectivity index (χ0n) is 7.54. The highest BCUT2D eigenvalue weighted by Crippen LogP contribution is 1.85. The van der Waals surface area contributed by atoms with Crippen LogP contribution in [0.5, 0.6) is 0 Å². The molecule has 5 heteroatoms. The molecule has 4 nitrogen and oxygen atoms in total. The summed E-state index contributed by atoms with van der Waals surface area (Å²) >= 11 is 0. The number of hydrogen-bond acceptors (Lipinski definition) is 3. The van der Waals surface area contributed by atoms with E-state index >= 15 is 0 Å². The van der Waals surface area contributed by atoms with Crippen molar-refractivity contribution in [1.29, 1.82) is 0 Å². The fourth-order valence-electron chi connectivity index (χ4n) is 0.707. The lowest BCUT2D eigenvalue weighted by Gasteiger charge is -2.01. The van der Waals surface area contributed by atoms with Crippen molar-refractivity contribution in [2.45, 2.75) is 12.8 Å². The number of terminal acetylenes is 1. The van der Waals surface area contributed by atoms with Crippen molar-refractivity contribution in [2.24, 2.45) is 0 Å². The van der Waals surface area contributed by atoms with Gasteiger partial charge in [0.05, 0.1) is 0 Å². The number of carbonyl (C=O) groups excluding carboxylic acids is 1. The lowest BCUT2D eigenvalue weighted by molar-refractivity contribution is -0.118. The summed E-state index contributed by atoms with van der Waals surface area (Å²) in [4.78, 5) is 10.9. The predicted molar refractivity (Wildman–Crippen MR) is 50.8 cm³/mol. The Morgan fingerprint density at radius 2 is 2.15 bits per heavy atom. The molecule has 0 aromatic heterocycles. The maximum absolute atomic E-state index is 10.9. The Balaban J connectivity index is 3.60. The van der Waals surface area contributed by atoms with E-state index < -0.39 is 21.5 Å². The smallest absolute Gasteiger partial charge is 0.235 e. The van der Waals surface area contributed by atoms with Crippen molar-refractivity contribution < 1.29 is 13.2 Å². The van der Waals surface area contributed by atoms with E-state index in [0.717, 1.165) is 6.26 Å². The zero-order valence-corrected chi connectivity index (χ0v) is 8.36. The summed E-state index contributed by atoms with van der Waals surface area (Å²) in [7, 11) is -3.22. The van der Waals surface area contributed by atoms with Crippen molar-refractivity contribution in [3.63, 3.8) is 0 Å². The zero-order chi connectivity index (χ0) is 10.3. The van der Waals surface area contributed by atoms with E-state index in [1.807, 2.05) is 0 Å². The topological polar surface area (TPSA) is 63.2 Å². The largest absolute Gasteiger partial charge is 0.355 e. The minimum absolute atomic E-state index is 0.429. The molecule has 0 bridgehead atoms. The molecule has 74 valence electrons. The van der Waals surface area contributed by atoms with Crippen molar-refractivity contribution in [3.05, 3.63) is 0 Å². The standard InChI is InChI=1S/C8H13NO3S/c1-3-4-5-6-9-8(10)7-13(2,11)12/h1H,4-7H2,2H3,(H,9,10). The van der Waals surface area contributed by atoms with E-state index in [1.54, 1.807) is 0 Å². The molecule has 0 aromatic carbocycles. The molecule has 0 aliphatic rings. The summed E-state index contributed by atoms with van der Waals surface area (Å²) in [5.41, 5.74) is 0. The molecule has 1 amide bonds. The highest BCUT2D eigenvalue weighted by molar-refractivity contribution is 7.91. The highest BCUT2D eigenvalue weighted by atomic mass is 32.2. The molecule has 0 spiro atoms. The van der Waals surface area contributed by atoms with Crippen LogP contribution in [0.2, 0.25) is 0 Å². The van der Waals surface area contributed by atoms with Crippen molar-refractivity contribution >= 4 is 15.7 Å². The van der Waals surface area contributed by atoms with Crippen LogP contribution in [0.1, 0.15) is 12.8 Å². The Kier molecular flexibility index (Phi) is 5.16. The Labute approximate surface area is 78.6 Å². The summed E-state index contributed by atoms with van der Waals surface area (Å²) in [6.45, 7) is 0.429. The SMILES string of the molecule is C#CCCCNC(=O)CS(C)(=O)=O. The summed E-state index contributed by atoms with van der Waals surface area (Å²) in [6, 6.07) is 0. The first-order valence-electron chi connectivity index (χ1n) is 3.83. The summed E-state index contributed by atoms with van der Waals surface area (Å²) < 4.78 is 21.3. The molecule has 0 aromatic rings. The maximum Gasteiger partial charge on any atom is 0.235 e. The number of hydrogen-bond donors (Lipinski definition) is 1. The molecule has 0 atom stereocenters. The van der Waals surface area contributed by atoms with Crippen LogP contribution in [0, 0.1) is 12.3 Å². The lowest BCUT2D eigenvalue weighted by atomic mass is 10.3. The molecule has 1 N–H and O–H groups in total. The van der Waals surface area contributed by atoms with Crippen LogP contribution in [-0.2, 0) is 14.6 Å². The fourth-order valence-corrected chi connectivity index (χ4v) is 1.29. The number of unbranched alkanes of at least 4 members (excludes halogenated alkanes) is 1. The van der Waals surface area contributed by atoms with E-state index in [-0.39, 0.29) is 0 Å². The quantitative estimate of drug-likeness (QED) is 0.486. The molecule has 0 saturated heterocycles. The second-order valence-corrected chi connectivity index (χ2v) is 4.87. The molecule has 0 saturated carbocycles. The molecule has 0 unspecified atom stereocenters.